The minimum absolute atomic E-state index is 0.371. The molecule has 0 aromatic heterocycles. The fourth-order valence-electron chi connectivity index (χ4n) is 4.86. The first-order chi connectivity index (χ1) is 17.6. The Morgan fingerprint density at radius 1 is 0.833 bits per heavy atom. The Morgan fingerprint density at radius 3 is 1.97 bits per heavy atom. The molecule has 0 amide bonds. The number of nitrogens with zero attached hydrogens (tertiary/aromatic N) is 1. The molecule has 4 rings (SSSR count). The molecule has 3 aromatic rings. The highest BCUT2D eigenvalue weighted by Crippen LogP contribution is 2.58. The van der Waals surface area contributed by atoms with E-state index in [0.29, 0.717) is 0 Å². The number of benzene rings is 3. The molecule has 1 aliphatic heterocycles. The van der Waals surface area contributed by atoms with Crippen molar-refractivity contribution in [1.29, 1.82) is 0 Å². The van der Waals surface area contributed by atoms with Crippen molar-refractivity contribution in [2.24, 2.45) is 0 Å². The van der Waals surface area contributed by atoms with Gasteiger partial charge in [-0.1, -0.05) is 96.9 Å². The van der Waals surface area contributed by atoms with Gasteiger partial charge in [0.2, 0.25) is 0 Å². The van der Waals surface area contributed by atoms with Crippen LogP contribution in [0.5, 0.6) is 0 Å². The summed E-state index contributed by atoms with van der Waals surface area (Å²) >= 11 is 3.83. The minimum atomic E-state index is -1.08. The molecular formula is C32H37NOS2. The van der Waals surface area contributed by atoms with Crippen LogP contribution in [0.15, 0.2) is 91.0 Å². The van der Waals surface area contributed by atoms with Crippen molar-refractivity contribution in [2.45, 2.75) is 41.8 Å². The normalized spacial score (nSPS) is 15.3. The van der Waals surface area contributed by atoms with Crippen molar-refractivity contribution >= 4 is 23.5 Å². The van der Waals surface area contributed by atoms with Crippen LogP contribution in [0.2, 0.25) is 0 Å². The lowest BCUT2D eigenvalue weighted by Crippen LogP contribution is -2.49. The van der Waals surface area contributed by atoms with Crippen molar-refractivity contribution < 1.29 is 5.11 Å². The summed E-state index contributed by atoms with van der Waals surface area (Å²) in [5.41, 5.74) is 2.24. The van der Waals surface area contributed by atoms with Crippen LogP contribution in [0, 0.1) is 11.8 Å². The van der Waals surface area contributed by atoms with Gasteiger partial charge in [-0.2, -0.15) is 0 Å². The van der Waals surface area contributed by atoms with Crippen LogP contribution in [-0.2, 0) is 12.0 Å². The Balaban J connectivity index is 1.42. The van der Waals surface area contributed by atoms with Gasteiger partial charge in [0.15, 0.2) is 0 Å². The molecule has 0 aliphatic carbocycles. The summed E-state index contributed by atoms with van der Waals surface area (Å²) in [4.78, 5) is 2.31. The summed E-state index contributed by atoms with van der Waals surface area (Å²) in [6.07, 6.45) is 5.04. The van der Waals surface area contributed by atoms with Gasteiger partial charge in [0.25, 0.3) is 0 Å². The summed E-state index contributed by atoms with van der Waals surface area (Å²) in [5.74, 6) is 8.96. The predicted molar refractivity (Wildman–Crippen MR) is 157 cm³/mol. The molecule has 4 heteroatoms. The van der Waals surface area contributed by atoms with Crippen LogP contribution in [-0.4, -0.2) is 45.7 Å². The molecule has 0 saturated carbocycles. The third-order valence-corrected chi connectivity index (χ3v) is 10.4. The van der Waals surface area contributed by atoms with E-state index in [4.69, 9.17) is 0 Å². The van der Waals surface area contributed by atoms with Crippen molar-refractivity contribution in [3.05, 3.63) is 108 Å². The fourth-order valence-corrected chi connectivity index (χ4v) is 8.49. The maximum Gasteiger partial charge on any atom is 0.138 e. The maximum absolute atomic E-state index is 12.6. The summed E-state index contributed by atoms with van der Waals surface area (Å²) < 4.78 is -0.371. The summed E-state index contributed by atoms with van der Waals surface area (Å²) in [6.45, 7) is 1.82. The third-order valence-electron chi connectivity index (χ3n) is 6.79. The molecule has 1 saturated heterocycles. The Labute approximate surface area is 225 Å². The highest BCUT2D eigenvalue weighted by Gasteiger charge is 2.54. The fraction of sp³-hybridized carbons (Fsp3) is 0.375. The average molecular weight is 516 g/mol. The van der Waals surface area contributed by atoms with Crippen LogP contribution in [0.4, 0.5) is 0 Å². The van der Waals surface area contributed by atoms with Gasteiger partial charge in [0, 0.05) is 6.42 Å². The van der Waals surface area contributed by atoms with E-state index < -0.39 is 5.60 Å². The Bertz CT molecular complexity index is 1060. The number of aryl methyl sites for hydroxylation is 1. The largest absolute Gasteiger partial charge is 0.378 e. The van der Waals surface area contributed by atoms with Crippen LogP contribution < -0.4 is 0 Å². The number of thioether (sulfide) groups is 2. The van der Waals surface area contributed by atoms with Crippen LogP contribution in [0.25, 0.3) is 0 Å². The number of rotatable bonds is 10. The second-order valence-electron chi connectivity index (χ2n) is 9.43. The quantitative estimate of drug-likeness (QED) is 0.299. The Hall–Kier alpha value is -2.16. The molecule has 1 N–H and O–H groups in total. The highest BCUT2D eigenvalue weighted by molar-refractivity contribution is 8.18. The Morgan fingerprint density at radius 2 is 1.39 bits per heavy atom. The van der Waals surface area contributed by atoms with Crippen LogP contribution in [0.1, 0.15) is 42.4 Å². The van der Waals surface area contributed by atoms with E-state index in [9.17, 15) is 5.11 Å². The lowest BCUT2D eigenvalue weighted by molar-refractivity contribution is 0.0644. The van der Waals surface area contributed by atoms with Crippen molar-refractivity contribution in [3.8, 4) is 11.8 Å². The van der Waals surface area contributed by atoms with Gasteiger partial charge in [0.05, 0.1) is 10.6 Å². The van der Waals surface area contributed by atoms with E-state index in [1.807, 2.05) is 59.9 Å². The van der Waals surface area contributed by atoms with E-state index in [1.54, 1.807) is 0 Å². The molecule has 1 heterocycles. The van der Waals surface area contributed by atoms with E-state index in [0.717, 1.165) is 61.4 Å². The zero-order valence-electron chi connectivity index (χ0n) is 21.2. The van der Waals surface area contributed by atoms with Gasteiger partial charge < -0.3 is 5.11 Å². The first-order valence-corrected chi connectivity index (χ1v) is 14.9. The van der Waals surface area contributed by atoms with Gasteiger partial charge in [0.1, 0.15) is 5.60 Å². The van der Waals surface area contributed by atoms with Gasteiger partial charge in [-0.05, 0) is 67.5 Å². The lowest BCUT2D eigenvalue weighted by Gasteiger charge is -2.49. The average Bonchev–Trinajstić information content (AvgIpc) is 2.94. The smallest absolute Gasteiger partial charge is 0.138 e. The van der Waals surface area contributed by atoms with Gasteiger partial charge in [-0.15, -0.1) is 29.4 Å². The SMILES string of the molecule is CN(CC#CCCC1(C(O)(c2ccccc2)c2ccccc2)SCCCS1)CCCc1ccccc1. The van der Waals surface area contributed by atoms with Crippen LogP contribution >= 0.6 is 23.5 Å². The van der Waals surface area contributed by atoms with Crippen molar-refractivity contribution in [1.82, 2.24) is 4.90 Å². The molecule has 0 spiro atoms. The molecule has 188 valence electrons. The van der Waals surface area contributed by atoms with E-state index in [-0.39, 0.29) is 4.08 Å². The molecular weight excluding hydrogens is 478 g/mol. The molecule has 0 bridgehead atoms. The summed E-state index contributed by atoms with van der Waals surface area (Å²) in [5, 5.41) is 12.6. The molecule has 3 aromatic carbocycles. The highest BCUT2D eigenvalue weighted by atomic mass is 32.2. The zero-order valence-corrected chi connectivity index (χ0v) is 22.9. The number of hydrogen-bond donors (Lipinski definition) is 1. The molecule has 0 unspecified atom stereocenters. The first-order valence-electron chi connectivity index (χ1n) is 12.9. The second kappa shape index (κ2) is 13.4. The van der Waals surface area contributed by atoms with E-state index in [2.05, 4.69) is 78.4 Å². The molecule has 1 aliphatic rings. The van der Waals surface area contributed by atoms with Crippen molar-refractivity contribution in [3.63, 3.8) is 0 Å². The summed E-state index contributed by atoms with van der Waals surface area (Å²) in [6, 6.07) is 31.1. The minimum Gasteiger partial charge on any atom is -0.378 e. The van der Waals surface area contributed by atoms with E-state index in [1.165, 1.54) is 12.0 Å². The third kappa shape index (κ3) is 6.58. The predicted octanol–water partition coefficient (Wildman–Crippen LogP) is 6.84. The monoisotopic (exact) mass is 515 g/mol. The molecule has 2 nitrogen and oxygen atoms in total. The topological polar surface area (TPSA) is 23.5 Å². The Kier molecular flexibility index (Phi) is 10.0. The van der Waals surface area contributed by atoms with Crippen LogP contribution in [0.3, 0.4) is 0 Å². The molecule has 0 radical (unpaired) electrons. The standard InChI is InChI=1S/C32H37NOS2/c1-33(25-14-18-28-16-6-2-7-17-28)24-13-5-12-23-31(35-26-15-27-36-31)32(34,29-19-8-3-9-20-29)30-21-10-4-11-22-30/h2-4,6-11,16-17,19-22,34H,12,14-15,18,23-27H2,1H3. The molecule has 0 atom stereocenters. The number of aliphatic hydroxyl groups is 1. The zero-order chi connectivity index (χ0) is 25.1. The van der Waals surface area contributed by atoms with Gasteiger partial charge in [-0.3, -0.25) is 4.90 Å². The summed E-state index contributed by atoms with van der Waals surface area (Å²) in [7, 11) is 2.15. The van der Waals surface area contributed by atoms with E-state index >= 15 is 0 Å². The van der Waals surface area contributed by atoms with Crippen molar-refractivity contribution in [2.75, 3.05) is 31.6 Å². The molecule has 1 fully saturated rings. The first kappa shape index (κ1) is 26.9. The lowest BCUT2D eigenvalue weighted by atomic mass is 9.81. The van der Waals surface area contributed by atoms with Gasteiger partial charge >= 0.3 is 0 Å². The molecule has 36 heavy (non-hydrogen) atoms. The number of hydrogen-bond acceptors (Lipinski definition) is 4. The maximum atomic E-state index is 12.6. The van der Waals surface area contributed by atoms with Gasteiger partial charge in [-0.25, -0.2) is 0 Å². The second-order valence-corrected chi connectivity index (χ2v) is 12.5.